The zero-order valence-electron chi connectivity index (χ0n) is 34.6. The van der Waals surface area contributed by atoms with Gasteiger partial charge in [0.1, 0.15) is 29.9 Å². The van der Waals surface area contributed by atoms with Gasteiger partial charge >= 0.3 is 11.9 Å². The van der Waals surface area contributed by atoms with E-state index < -0.39 is 106 Å². The van der Waals surface area contributed by atoms with Crippen molar-refractivity contribution in [2.45, 2.75) is 122 Å². The maximum absolute atomic E-state index is 13.9. The molecule has 330 valence electrons. The molecule has 0 spiro atoms. The van der Waals surface area contributed by atoms with Crippen LogP contribution in [0.4, 0.5) is 0 Å². The molecule has 3 heterocycles. The first-order valence-corrected chi connectivity index (χ1v) is 22.0. The van der Waals surface area contributed by atoms with Gasteiger partial charge in [-0.15, -0.1) is 16.8 Å². The highest BCUT2D eigenvalue weighted by atomic mass is 32.2. The third-order valence-electron chi connectivity index (χ3n) is 10.7. The quantitative estimate of drug-likeness (QED) is 0.0610. The van der Waals surface area contributed by atoms with Gasteiger partial charge in [-0.05, 0) is 68.6 Å². The first-order valence-electron chi connectivity index (χ1n) is 20.3. The molecule has 60 heavy (non-hydrogen) atoms. The van der Waals surface area contributed by atoms with Gasteiger partial charge in [0.2, 0.25) is 29.5 Å². The lowest BCUT2D eigenvalue weighted by Gasteiger charge is -2.30. The number of esters is 1. The van der Waals surface area contributed by atoms with E-state index in [-0.39, 0.29) is 49.6 Å². The second-order valence-electron chi connectivity index (χ2n) is 15.9. The highest BCUT2D eigenvalue weighted by molar-refractivity contribution is 8.00. The van der Waals surface area contributed by atoms with Crippen LogP contribution in [0.2, 0.25) is 0 Å². The molecular formula is C40H56N6O12S2. The molecule has 4 aliphatic rings. The molecule has 0 aromatic heterocycles. The minimum absolute atomic E-state index is 0.0114. The number of rotatable bonds is 12. The monoisotopic (exact) mass is 876 g/mol. The Balaban J connectivity index is 1.46. The Morgan fingerprint density at radius 1 is 0.867 bits per heavy atom. The SMILES string of the molecule is C/C=C1/NC(=O)[C@H](CSC2CC(=O)N(CC3CCC(C(=O)ON4C(=O)CCC4=O)CC3)C2=O)NC(=O)[C@@H](C(C)C)NC(=O)C[C@H](/C=C/CCS)OC(=O)[C@H](C(C)C)NC1=O. The summed E-state index contributed by atoms with van der Waals surface area (Å²) in [5.74, 6) is -7.70. The molecule has 0 radical (unpaired) electrons. The number of thiol groups is 1. The Kier molecular flexibility index (Phi) is 17.8. The maximum Gasteiger partial charge on any atom is 0.336 e. The van der Waals surface area contributed by atoms with Gasteiger partial charge in [-0.2, -0.15) is 12.6 Å². The predicted octanol–water partition coefficient (Wildman–Crippen LogP) is 1.24. The van der Waals surface area contributed by atoms with Crippen LogP contribution in [0.1, 0.15) is 92.4 Å². The van der Waals surface area contributed by atoms with E-state index in [1.165, 1.54) is 17.9 Å². The van der Waals surface area contributed by atoms with E-state index >= 15 is 0 Å². The number of carbonyl (C=O) groups is 10. The van der Waals surface area contributed by atoms with Crippen molar-refractivity contribution in [3.63, 3.8) is 0 Å². The number of thioether (sulfide) groups is 1. The number of nitrogens with one attached hydrogen (secondary N) is 4. The molecule has 0 bridgehead atoms. The fourth-order valence-electron chi connectivity index (χ4n) is 7.13. The zero-order valence-corrected chi connectivity index (χ0v) is 36.3. The van der Waals surface area contributed by atoms with Crippen molar-refractivity contribution >= 4 is 83.6 Å². The largest absolute Gasteiger partial charge is 0.456 e. The molecule has 3 saturated heterocycles. The van der Waals surface area contributed by atoms with Crippen molar-refractivity contribution in [2.24, 2.45) is 23.7 Å². The second-order valence-corrected chi connectivity index (χ2v) is 17.6. The molecule has 20 heteroatoms. The van der Waals surface area contributed by atoms with E-state index in [0.29, 0.717) is 42.9 Å². The van der Waals surface area contributed by atoms with Gasteiger partial charge in [-0.25, -0.2) is 9.59 Å². The number of cyclic esters (lactones) is 1. The number of hydrogen-bond donors (Lipinski definition) is 5. The van der Waals surface area contributed by atoms with Crippen LogP contribution in [-0.4, -0.2) is 117 Å². The third-order valence-corrected chi connectivity index (χ3v) is 12.2. The van der Waals surface area contributed by atoms with Crippen LogP contribution >= 0.6 is 24.4 Å². The highest BCUT2D eigenvalue weighted by Gasteiger charge is 2.43. The summed E-state index contributed by atoms with van der Waals surface area (Å²) in [6.45, 7) is 8.39. The third kappa shape index (κ3) is 12.9. The molecule has 0 aromatic carbocycles. The highest BCUT2D eigenvalue weighted by Crippen LogP contribution is 2.33. The summed E-state index contributed by atoms with van der Waals surface area (Å²) in [6.07, 6.45) is 5.31. The average Bonchev–Trinajstić information content (AvgIpc) is 3.66. The summed E-state index contributed by atoms with van der Waals surface area (Å²) >= 11 is 5.18. The van der Waals surface area contributed by atoms with Crippen molar-refractivity contribution in [1.29, 1.82) is 0 Å². The van der Waals surface area contributed by atoms with Crippen molar-refractivity contribution in [1.82, 2.24) is 31.2 Å². The van der Waals surface area contributed by atoms with Crippen molar-refractivity contribution in [3.8, 4) is 0 Å². The lowest BCUT2D eigenvalue weighted by molar-refractivity contribution is -0.201. The maximum atomic E-state index is 13.9. The van der Waals surface area contributed by atoms with Crippen LogP contribution in [0, 0.1) is 23.7 Å². The van der Waals surface area contributed by atoms with E-state index in [2.05, 4.69) is 33.9 Å². The summed E-state index contributed by atoms with van der Waals surface area (Å²) in [5, 5.41) is 10.1. The number of ether oxygens (including phenoxy) is 1. The van der Waals surface area contributed by atoms with Crippen molar-refractivity contribution in [2.75, 3.05) is 18.1 Å². The minimum atomic E-state index is -1.35. The van der Waals surface area contributed by atoms with Gasteiger partial charge in [0.25, 0.3) is 17.7 Å². The normalized spacial score (nSPS) is 28.7. The van der Waals surface area contributed by atoms with E-state index in [9.17, 15) is 47.9 Å². The Bertz CT molecular complexity index is 1740. The van der Waals surface area contributed by atoms with Crippen LogP contribution in [0.5, 0.6) is 0 Å². The van der Waals surface area contributed by atoms with E-state index in [1.54, 1.807) is 39.8 Å². The van der Waals surface area contributed by atoms with Crippen LogP contribution in [0.15, 0.2) is 23.9 Å². The number of hydroxylamine groups is 2. The molecular weight excluding hydrogens is 821 g/mol. The summed E-state index contributed by atoms with van der Waals surface area (Å²) in [5.41, 5.74) is -0.215. The Hall–Kier alpha value is -4.72. The summed E-state index contributed by atoms with van der Waals surface area (Å²) in [7, 11) is 0. The van der Waals surface area contributed by atoms with Gasteiger partial charge in [-0.1, -0.05) is 39.8 Å². The van der Waals surface area contributed by atoms with Crippen LogP contribution in [-0.2, 0) is 57.5 Å². The van der Waals surface area contributed by atoms with Gasteiger partial charge in [0.15, 0.2) is 0 Å². The Morgan fingerprint density at radius 2 is 1.52 bits per heavy atom. The summed E-state index contributed by atoms with van der Waals surface area (Å²) in [4.78, 5) is 137. The first-order chi connectivity index (χ1) is 28.4. The van der Waals surface area contributed by atoms with Crippen LogP contribution in [0.25, 0.3) is 0 Å². The first kappa shape index (κ1) is 48.0. The predicted molar refractivity (Wildman–Crippen MR) is 220 cm³/mol. The van der Waals surface area contributed by atoms with Gasteiger partial charge in [-0.3, -0.25) is 43.3 Å². The summed E-state index contributed by atoms with van der Waals surface area (Å²) < 4.78 is 5.68. The molecule has 4 fully saturated rings. The fourth-order valence-corrected chi connectivity index (χ4v) is 8.47. The van der Waals surface area contributed by atoms with E-state index in [4.69, 9.17) is 9.57 Å². The Morgan fingerprint density at radius 3 is 2.12 bits per heavy atom. The molecule has 4 N–H and O–H groups in total. The number of allylic oxidation sites excluding steroid dienone is 2. The number of nitrogens with zero attached hydrogens (tertiary/aromatic N) is 2. The van der Waals surface area contributed by atoms with Gasteiger partial charge in [0.05, 0.1) is 17.6 Å². The fraction of sp³-hybridized carbons (Fsp3) is 0.650. The second kappa shape index (κ2) is 22.2. The molecule has 1 aliphatic carbocycles. The van der Waals surface area contributed by atoms with Crippen molar-refractivity contribution in [3.05, 3.63) is 23.9 Å². The van der Waals surface area contributed by atoms with Gasteiger partial charge in [0, 0.05) is 31.6 Å². The molecule has 18 nitrogen and oxygen atoms in total. The number of amides is 8. The average molecular weight is 877 g/mol. The van der Waals surface area contributed by atoms with Crippen LogP contribution in [0.3, 0.4) is 0 Å². The van der Waals surface area contributed by atoms with Crippen molar-refractivity contribution < 1.29 is 57.5 Å². The molecule has 4 rings (SSSR count). The van der Waals surface area contributed by atoms with Gasteiger partial charge < -0.3 is 30.8 Å². The lowest BCUT2D eigenvalue weighted by Crippen LogP contribution is -2.57. The molecule has 8 amide bonds. The molecule has 3 aliphatic heterocycles. The van der Waals surface area contributed by atoms with E-state index in [1.807, 2.05) is 0 Å². The molecule has 0 aromatic rings. The standard InChI is InChI=1S/C40H56N6O12S2/c1-6-26-35(51)44-34(22(4)5)40(56)57-25(9-7-8-16-59)17-29(47)43-33(21(2)3)37(53)42-27(36(52)41-26)20-60-28-18-32(50)45(38(28)54)19-23-10-12-24(13-11-23)39(55)58-46-30(48)14-15-31(46)49/h6-7,9,21-25,27-28,33-34,59H,8,10-20H2,1-5H3,(H,41,52)(H,42,53)(H,43,47)(H,44,51)/b9-7+,26-6+/t23?,24?,25-,27-,28?,33+,34-/m0/s1. The molecule has 1 saturated carbocycles. The summed E-state index contributed by atoms with van der Waals surface area (Å²) in [6, 6.07) is -3.64. The van der Waals surface area contributed by atoms with E-state index in [0.717, 1.165) is 11.8 Å². The zero-order chi connectivity index (χ0) is 44.3. The topological polar surface area (TPSA) is 244 Å². The number of imide groups is 2. The van der Waals surface area contributed by atoms with Crippen LogP contribution < -0.4 is 21.3 Å². The number of likely N-dealkylation sites (tertiary alicyclic amines) is 1. The number of carbonyl (C=O) groups excluding carboxylic acids is 10. The lowest BCUT2D eigenvalue weighted by atomic mass is 9.82. The molecule has 1 unspecified atom stereocenters. The Labute approximate surface area is 358 Å². The minimum Gasteiger partial charge on any atom is -0.456 e. The molecule has 5 atom stereocenters. The smallest absolute Gasteiger partial charge is 0.336 e. The number of hydrogen-bond acceptors (Lipinski definition) is 14.